The molecule has 2 atom stereocenters. The summed E-state index contributed by atoms with van der Waals surface area (Å²) in [5.41, 5.74) is 1.23. The number of nitrogens with zero attached hydrogens (tertiary/aromatic N) is 5. The Balaban J connectivity index is 1.40. The summed E-state index contributed by atoms with van der Waals surface area (Å²) in [4.78, 5) is 18.6. The molecule has 3 N–H and O–H groups in total. The van der Waals surface area contributed by atoms with E-state index in [4.69, 9.17) is 9.63 Å². The molecule has 0 radical (unpaired) electrons. The predicted octanol–water partition coefficient (Wildman–Crippen LogP) is 3.43. The molecule has 1 aliphatic heterocycles. The topological polar surface area (TPSA) is 113 Å². The molecule has 10 nitrogen and oxygen atoms in total. The summed E-state index contributed by atoms with van der Waals surface area (Å²) >= 11 is 0. The number of benzene rings is 1. The Bertz CT molecular complexity index is 1480. The molecule has 0 spiro atoms. The smallest absolute Gasteiger partial charge is 0.395 e. The Hall–Kier alpha value is -3.91. The van der Waals surface area contributed by atoms with E-state index in [-0.39, 0.29) is 42.6 Å². The Morgan fingerprint density at radius 3 is 2.85 bits per heavy atom. The second kappa shape index (κ2) is 11.3. The summed E-state index contributed by atoms with van der Waals surface area (Å²) in [5, 5.41) is 19.2. The zero-order valence-corrected chi connectivity index (χ0v) is 21.7. The molecule has 14 heteroatoms. The van der Waals surface area contributed by atoms with Gasteiger partial charge in [-0.3, -0.25) is 4.79 Å². The lowest BCUT2D eigenvalue weighted by Gasteiger charge is -2.33. The van der Waals surface area contributed by atoms with Crippen LogP contribution in [0.15, 0.2) is 47.2 Å². The highest BCUT2D eigenvalue weighted by atomic mass is 19.4. The van der Waals surface area contributed by atoms with Gasteiger partial charge in [0.1, 0.15) is 12.7 Å². The molecule has 1 aliphatic rings. The highest BCUT2D eigenvalue weighted by molar-refractivity contribution is 5.96. The van der Waals surface area contributed by atoms with E-state index in [1.165, 1.54) is 6.07 Å². The third-order valence-electron chi connectivity index (χ3n) is 6.84. The van der Waals surface area contributed by atoms with Crippen molar-refractivity contribution >= 4 is 22.5 Å². The zero-order valence-electron chi connectivity index (χ0n) is 21.7. The van der Waals surface area contributed by atoms with Crippen molar-refractivity contribution in [1.82, 2.24) is 29.5 Å². The van der Waals surface area contributed by atoms with Crippen LogP contribution in [0.3, 0.4) is 0 Å². The van der Waals surface area contributed by atoms with Crippen LogP contribution in [0.5, 0.6) is 0 Å². The SMILES string of the molecule is CN1CC[C@@H](Nc2cccc3c2cc(-c2noc(CNC(=O)c4ccn(CCO)c4)n2)n3CC(F)(F)F)[C@@H](F)C1. The first-order chi connectivity index (χ1) is 19.1. The summed E-state index contributed by atoms with van der Waals surface area (Å²) in [7, 11) is 1.84. The third-order valence-corrected chi connectivity index (χ3v) is 6.84. The van der Waals surface area contributed by atoms with E-state index < -0.39 is 30.8 Å². The molecule has 4 heterocycles. The van der Waals surface area contributed by atoms with Crippen LogP contribution in [-0.2, 0) is 19.6 Å². The van der Waals surface area contributed by atoms with Gasteiger partial charge in [-0.15, -0.1) is 0 Å². The van der Waals surface area contributed by atoms with E-state index in [2.05, 4.69) is 20.8 Å². The minimum atomic E-state index is -4.53. The van der Waals surface area contributed by atoms with Crippen molar-refractivity contribution in [2.45, 2.75) is 44.4 Å². The molecule has 214 valence electrons. The standard InChI is InChI=1S/C26H29F4N7O3/c1-35-7-6-20(18(27)14-35)32-19-3-2-4-21-17(19)11-22(37(21)15-26(28,29)30)24-33-23(40-34-24)12-31-25(39)16-5-8-36(13-16)9-10-38/h2-5,8,11,13,18,20,32,38H,6-7,9-10,12,14-15H2,1H3,(H,31,39)/t18-,20+/m0/s1. The number of carbonyl (C=O) groups excluding carboxylic acids is 1. The van der Waals surface area contributed by atoms with Crippen molar-refractivity contribution in [2.75, 3.05) is 32.1 Å². The molecule has 0 saturated carbocycles. The number of hydrogen-bond acceptors (Lipinski definition) is 7. The van der Waals surface area contributed by atoms with Gasteiger partial charge in [0.25, 0.3) is 5.91 Å². The highest BCUT2D eigenvalue weighted by Gasteiger charge is 2.32. The molecular formula is C26H29F4N7O3. The van der Waals surface area contributed by atoms with Crippen LogP contribution in [-0.4, -0.2) is 80.3 Å². The van der Waals surface area contributed by atoms with Crippen LogP contribution in [0.2, 0.25) is 0 Å². The number of likely N-dealkylation sites (tertiary alicyclic amines) is 1. The van der Waals surface area contributed by atoms with E-state index in [1.807, 2.05) is 11.9 Å². The summed E-state index contributed by atoms with van der Waals surface area (Å²) in [6.45, 7) is -0.193. The highest BCUT2D eigenvalue weighted by Crippen LogP contribution is 2.35. The molecule has 1 aromatic carbocycles. The van der Waals surface area contributed by atoms with Gasteiger partial charge in [0.2, 0.25) is 11.7 Å². The maximum atomic E-state index is 14.7. The van der Waals surface area contributed by atoms with Crippen molar-refractivity contribution in [3.05, 3.63) is 54.2 Å². The number of piperidine rings is 1. The van der Waals surface area contributed by atoms with Gasteiger partial charge in [-0.25, -0.2) is 4.39 Å². The van der Waals surface area contributed by atoms with Gasteiger partial charge in [0.05, 0.1) is 36.0 Å². The number of fused-ring (bicyclic) bond motifs is 1. The predicted molar refractivity (Wildman–Crippen MR) is 138 cm³/mol. The Kier molecular flexibility index (Phi) is 7.81. The fraction of sp³-hybridized carbons (Fsp3) is 0.423. The van der Waals surface area contributed by atoms with Gasteiger partial charge in [-0.05, 0) is 37.7 Å². The van der Waals surface area contributed by atoms with Crippen molar-refractivity contribution in [2.24, 2.45) is 0 Å². The average Bonchev–Trinajstić information content (AvgIpc) is 3.63. The van der Waals surface area contributed by atoms with Crippen molar-refractivity contribution < 1.29 is 32.0 Å². The van der Waals surface area contributed by atoms with Crippen molar-refractivity contribution in [3.63, 3.8) is 0 Å². The fourth-order valence-corrected chi connectivity index (χ4v) is 4.88. The molecule has 4 aromatic rings. The summed E-state index contributed by atoms with van der Waals surface area (Å²) < 4.78 is 63.5. The van der Waals surface area contributed by atoms with E-state index in [9.17, 15) is 22.4 Å². The molecule has 0 bridgehead atoms. The van der Waals surface area contributed by atoms with Crippen LogP contribution in [0.1, 0.15) is 22.7 Å². The zero-order chi connectivity index (χ0) is 28.4. The maximum absolute atomic E-state index is 14.7. The number of aliphatic hydroxyl groups is 1. The van der Waals surface area contributed by atoms with Gasteiger partial charge in [0.15, 0.2) is 0 Å². The number of rotatable bonds is 9. The van der Waals surface area contributed by atoms with Gasteiger partial charge in [0, 0.05) is 43.1 Å². The number of aliphatic hydroxyl groups excluding tert-OH is 1. The number of halogens is 4. The molecule has 1 amide bonds. The van der Waals surface area contributed by atoms with Crippen LogP contribution >= 0.6 is 0 Å². The summed E-state index contributed by atoms with van der Waals surface area (Å²) in [5.74, 6) is -0.488. The molecular weight excluding hydrogens is 534 g/mol. The van der Waals surface area contributed by atoms with Crippen LogP contribution < -0.4 is 10.6 Å². The number of aromatic nitrogens is 4. The van der Waals surface area contributed by atoms with Gasteiger partial charge >= 0.3 is 6.18 Å². The van der Waals surface area contributed by atoms with Crippen molar-refractivity contribution in [1.29, 1.82) is 0 Å². The van der Waals surface area contributed by atoms with Gasteiger partial charge in [-0.2, -0.15) is 18.2 Å². The van der Waals surface area contributed by atoms with E-state index in [0.717, 1.165) is 4.57 Å². The second-order valence-electron chi connectivity index (χ2n) is 9.84. The van der Waals surface area contributed by atoms with E-state index in [1.54, 1.807) is 41.2 Å². The minimum Gasteiger partial charge on any atom is -0.395 e. The lowest BCUT2D eigenvalue weighted by atomic mass is 10.0. The van der Waals surface area contributed by atoms with E-state index >= 15 is 0 Å². The van der Waals surface area contributed by atoms with Crippen molar-refractivity contribution in [3.8, 4) is 11.5 Å². The normalized spacial score (nSPS) is 18.4. The molecule has 5 rings (SSSR count). The van der Waals surface area contributed by atoms with E-state index in [0.29, 0.717) is 36.1 Å². The third kappa shape index (κ3) is 6.12. The molecule has 1 saturated heterocycles. The van der Waals surface area contributed by atoms with Crippen LogP contribution in [0.25, 0.3) is 22.4 Å². The number of hydrogen-bond donors (Lipinski definition) is 3. The molecule has 0 unspecified atom stereocenters. The van der Waals surface area contributed by atoms with Crippen LogP contribution in [0, 0.1) is 0 Å². The second-order valence-corrected chi connectivity index (χ2v) is 9.84. The quantitative estimate of drug-likeness (QED) is 0.268. The maximum Gasteiger partial charge on any atom is 0.406 e. The lowest BCUT2D eigenvalue weighted by molar-refractivity contribution is -0.139. The number of nitrogens with one attached hydrogen (secondary N) is 2. The first-order valence-electron chi connectivity index (χ1n) is 12.8. The largest absolute Gasteiger partial charge is 0.406 e. The monoisotopic (exact) mass is 563 g/mol. The summed E-state index contributed by atoms with van der Waals surface area (Å²) in [6.07, 6.45) is -1.89. The number of carbonyl (C=O) groups is 1. The van der Waals surface area contributed by atoms with Gasteiger partial charge in [-0.1, -0.05) is 11.2 Å². The molecule has 40 heavy (non-hydrogen) atoms. The Labute approximate surface area is 226 Å². The minimum absolute atomic E-state index is 0.00639. The molecule has 1 fully saturated rings. The molecule has 0 aliphatic carbocycles. The van der Waals surface area contributed by atoms with Gasteiger partial charge < -0.3 is 34.3 Å². The number of amides is 1. The Morgan fingerprint density at radius 1 is 1.27 bits per heavy atom. The first kappa shape index (κ1) is 27.6. The summed E-state index contributed by atoms with van der Waals surface area (Å²) in [6, 6.07) is 7.53. The number of anilines is 1. The molecule has 3 aromatic heterocycles. The van der Waals surface area contributed by atoms with Crippen LogP contribution in [0.4, 0.5) is 23.2 Å². The Morgan fingerprint density at radius 2 is 2.10 bits per heavy atom. The lowest BCUT2D eigenvalue weighted by Crippen LogP contribution is -2.46. The first-order valence-corrected chi connectivity index (χ1v) is 12.8. The average molecular weight is 564 g/mol. The fourth-order valence-electron chi connectivity index (χ4n) is 4.88. The number of alkyl halides is 4.